The molecule has 6 nitrogen and oxygen atoms in total. The lowest BCUT2D eigenvalue weighted by atomic mass is 9.91. The number of nitrogens with zero attached hydrogens (tertiary/aromatic N) is 3. The van der Waals surface area contributed by atoms with E-state index in [9.17, 15) is 5.11 Å². The summed E-state index contributed by atoms with van der Waals surface area (Å²) in [5.41, 5.74) is 8.17. The first-order valence-corrected chi connectivity index (χ1v) is 8.95. The molecule has 3 heterocycles. The van der Waals surface area contributed by atoms with Crippen LogP contribution in [0.3, 0.4) is 0 Å². The van der Waals surface area contributed by atoms with Crippen LogP contribution < -0.4 is 5.73 Å². The third-order valence-electron chi connectivity index (χ3n) is 5.23. The fourth-order valence-corrected chi connectivity index (χ4v) is 3.74. The first-order chi connectivity index (χ1) is 12.1. The first-order valence-electron chi connectivity index (χ1n) is 8.95. The zero-order chi connectivity index (χ0) is 17.4. The number of aliphatic hydroxyl groups is 1. The maximum atomic E-state index is 10.8. The van der Waals surface area contributed by atoms with Gasteiger partial charge in [0.15, 0.2) is 5.82 Å². The van der Waals surface area contributed by atoms with E-state index in [1.165, 1.54) is 0 Å². The van der Waals surface area contributed by atoms with Crippen LogP contribution in [0.5, 0.6) is 0 Å². The van der Waals surface area contributed by atoms with E-state index in [-0.39, 0.29) is 0 Å². The summed E-state index contributed by atoms with van der Waals surface area (Å²) in [5.74, 6) is 1.45. The minimum atomic E-state index is -0.658. The lowest BCUT2D eigenvalue weighted by molar-refractivity contribution is -0.0698. The van der Waals surface area contributed by atoms with Crippen molar-refractivity contribution in [1.82, 2.24) is 14.5 Å². The Hall–Kier alpha value is -2.18. The minimum absolute atomic E-state index is 0.465. The van der Waals surface area contributed by atoms with E-state index in [2.05, 4.69) is 22.5 Å². The molecule has 1 saturated heterocycles. The van der Waals surface area contributed by atoms with Crippen molar-refractivity contribution >= 4 is 27.8 Å². The second-order valence-electron chi connectivity index (χ2n) is 6.83. The Labute approximate surface area is 146 Å². The summed E-state index contributed by atoms with van der Waals surface area (Å²) in [7, 11) is 0. The van der Waals surface area contributed by atoms with Crippen molar-refractivity contribution in [2.24, 2.45) is 0 Å². The van der Waals surface area contributed by atoms with E-state index >= 15 is 0 Å². The van der Waals surface area contributed by atoms with Gasteiger partial charge < -0.3 is 20.1 Å². The van der Waals surface area contributed by atoms with E-state index in [4.69, 9.17) is 15.5 Å². The Bertz CT molecular complexity index is 913. The van der Waals surface area contributed by atoms with Crippen molar-refractivity contribution in [1.29, 1.82) is 0 Å². The monoisotopic (exact) mass is 340 g/mol. The van der Waals surface area contributed by atoms with Crippen LogP contribution in [0.4, 0.5) is 5.82 Å². The van der Waals surface area contributed by atoms with Gasteiger partial charge in [-0.15, -0.1) is 0 Å². The fourth-order valence-electron chi connectivity index (χ4n) is 3.74. The number of rotatable bonds is 4. The van der Waals surface area contributed by atoms with E-state index < -0.39 is 5.60 Å². The molecule has 1 fully saturated rings. The van der Waals surface area contributed by atoms with Crippen molar-refractivity contribution in [3.8, 4) is 0 Å². The molecule has 1 aliphatic heterocycles. The van der Waals surface area contributed by atoms with Crippen LogP contribution in [0.25, 0.3) is 21.9 Å². The van der Waals surface area contributed by atoms with Crippen LogP contribution in [-0.4, -0.2) is 38.5 Å². The molecule has 0 aliphatic carbocycles. The minimum Gasteiger partial charge on any atom is -0.390 e. The number of anilines is 1. The number of imidazole rings is 1. The van der Waals surface area contributed by atoms with Gasteiger partial charge in [-0.3, -0.25) is 0 Å². The van der Waals surface area contributed by atoms with E-state index in [0.29, 0.717) is 44.8 Å². The standard InChI is InChI=1S/C19H24N4O2/c1-2-15-22-16-17(13-5-3-4-6-14(13)21-18(16)20)23(15)10-7-19(24)8-11-25-12-9-19/h3-6,24H,2,7-12H2,1H3,(H2,20,21). The number of nitrogens with two attached hydrogens (primary N) is 1. The topological polar surface area (TPSA) is 86.2 Å². The third kappa shape index (κ3) is 2.85. The number of pyridine rings is 1. The van der Waals surface area contributed by atoms with Gasteiger partial charge in [0, 0.05) is 31.6 Å². The molecule has 0 bridgehead atoms. The van der Waals surface area contributed by atoms with Gasteiger partial charge in [0.05, 0.1) is 16.6 Å². The molecular weight excluding hydrogens is 316 g/mol. The summed E-state index contributed by atoms with van der Waals surface area (Å²) in [5, 5.41) is 11.9. The summed E-state index contributed by atoms with van der Waals surface area (Å²) in [6, 6.07) is 8.01. The van der Waals surface area contributed by atoms with Crippen LogP contribution in [0, 0.1) is 0 Å². The Morgan fingerprint density at radius 2 is 2.00 bits per heavy atom. The largest absolute Gasteiger partial charge is 0.390 e. The van der Waals surface area contributed by atoms with Gasteiger partial charge in [0.25, 0.3) is 0 Å². The fraction of sp³-hybridized carbons (Fsp3) is 0.474. The highest BCUT2D eigenvalue weighted by Crippen LogP contribution is 2.31. The van der Waals surface area contributed by atoms with Crippen molar-refractivity contribution in [2.45, 2.75) is 44.8 Å². The third-order valence-corrected chi connectivity index (χ3v) is 5.23. The molecule has 0 radical (unpaired) electrons. The normalized spacial score (nSPS) is 17.4. The Kier molecular flexibility index (Phi) is 4.09. The average Bonchev–Trinajstić information content (AvgIpc) is 3.00. The summed E-state index contributed by atoms with van der Waals surface area (Å²) in [4.78, 5) is 9.23. The SMILES string of the molecule is CCc1nc2c(N)nc3ccccc3c2n1CCC1(O)CCOCC1. The zero-order valence-electron chi connectivity index (χ0n) is 14.5. The number of nitrogen functional groups attached to an aromatic ring is 1. The van der Waals surface area contributed by atoms with Gasteiger partial charge in [-0.05, 0) is 25.3 Å². The smallest absolute Gasteiger partial charge is 0.152 e. The summed E-state index contributed by atoms with van der Waals surface area (Å²) >= 11 is 0. The summed E-state index contributed by atoms with van der Waals surface area (Å²) in [6.07, 6.45) is 2.87. The van der Waals surface area contributed by atoms with Crippen molar-refractivity contribution in [3.05, 3.63) is 30.1 Å². The van der Waals surface area contributed by atoms with Gasteiger partial charge in [0.2, 0.25) is 0 Å². The van der Waals surface area contributed by atoms with Gasteiger partial charge in [-0.1, -0.05) is 25.1 Å². The second-order valence-corrected chi connectivity index (χ2v) is 6.83. The van der Waals surface area contributed by atoms with Crippen LogP contribution in [-0.2, 0) is 17.7 Å². The predicted molar refractivity (Wildman–Crippen MR) is 98.4 cm³/mol. The number of aryl methyl sites for hydroxylation is 2. The van der Waals surface area contributed by atoms with Gasteiger partial charge in [-0.25, -0.2) is 9.97 Å². The predicted octanol–water partition coefficient (Wildman–Crippen LogP) is 2.66. The highest BCUT2D eigenvalue weighted by Gasteiger charge is 2.30. The van der Waals surface area contributed by atoms with Crippen LogP contribution in [0.15, 0.2) is 24.3 Å². The molecule has 0 atom stereocenters. The second kappa shape index (κ2) is 6.28. The molecular formula is C19H24N4O2. The van der Waals surface area contributed by atoms with Gasteiger partial charge >= 0.3 is 0 Å². The maximum Gasteiger partial charge on any atom is 0.152 e. The molecule has 132 valence electrons. The summed E-state index contributed by atoms with van der Waals surface area (Å²) in [6.45, 7) is 4.06. The summed E-state index contributed by atoms with van der Waals surface area (Å²) < 4.78 is 7.60. The number of fused-ring (bicyclic) bond motifs is 3. The molecule has 0 spiro atoms. The molecule has 6 heteroatoms. The Morgan fingerprint density at radius 3 is 2.76 bits per heavy atom. The van der Waals surface area contributed by atoms with Crippen LogP contribution in [0.1, 0.15) is 32.0 Å². The molecule has 0 unspecified atom stereocenters. The Balaban J connectivity index is 1.81. The molecule has 2 aromatic heterocycles. The van der Waals surface area contributed by atoms with Crippen molar-refractivity contribution in [2.75, 3.05) is 18.9 Å². The molecule has 0 saturated carbocycles. The molecule has 1 aromatic carbocycles. The molecule has 1 aliphatic rings. The molecule has 3 N–H and O–H groups in total. The highest BCUT2D eigenvalue weighted by atomic mass is 16.5. The van der Waals surface area contributed by atoms with Crippen molar-refractivity contribution < 1.29 is 9.84 Å². The van der Waals surface area contributed by atoms with E-state index in [1.54, 1.807) is 0 Å². The number of benzene rings is 1. The van der Waals surface area contributed by atoms with Gasteiger partial charge in [0.1, 0.15) is 11.3 Å². The lowest BCUT2D eigenvalue weighted by Gasteiger charge is -2.32. The Morgan fingerprint density at radius 1 is 1.24 bits per heavy atom. The molecule has 25 heavy (non-hydrogen) atoms. The first kappa shape index (κ1) is 16.3. The quantitative estimate of drug-likeness (QED) is 0.762. The van der Waals surface area contributed by atoms with Crippen LogP contribution >= 0.6 is 0 Å². The van der Waals surface area contributed by atoms with Crippen molar-refractivity contribution in [3.63, 3.8) is 0 Å². The zero-order valence-corrected chi connectivity index (χ0v) is 14.5. The molecule has 3 aromatic rings. The average molecular weight is 340 g/mol. The van der Waals surface area contributed by atoms with E-state index in [1.807, 2.05) is 18.2 Å². The number of hydrogen-bond donors (Lipinski definition) is 2. The molecule has 4 rings (SSSR count). The molecule has 0 amide bonds. The number of hydrogen-bond acceptors (Lipinski definition) is 5. The number of ether oxygens (including phenoxy) is 1. The number of para-hydroxylation sites is 1. The lowest BCUT2D eigenvalue weighted by Crippen LogP contribution is -2.37. The van der Waals surface area contributed by atoms with Crippen LogP contribution in [0.2, 0.25) is 0 Å². The van der Waals surface area contributed by atoms with E-state index in [0.717, 1.165) is 34.2 Å². The van der Waals surface area contributed by atoms with Gasteiger partial charge in [-0.2, -0.15) is 0 Å². The highest BCUT2D eigenvalue weighted by molar-refractivity contribution is 6.06. The maximum absolute atomic E-state index is 10.8. The number of aromatic nitrogens is 3.